The second-order valence-corrected chi connectivity index (χ2v) is 26.7. The van der Waals surface area contributed by atoms with Gasteiger partial charge in [-0.3, -0.25) is 9.59 Å². The first-order valence-corrected chi connectivity index (χ1v) is 31.8. The van der Waals surface area contributed by atoms with Crippen molar-refractivity contribution in [2.24, 2.45) is 0 Å². The maximum absolute atomic E-state index is 11.9. The van der Waals surface area contributed by atoms with Crippen LogP contribution in [0.2, 0.25) is 0 Å². The van der Waals surface area contributed by atoms with Crippen molar-refractivity contribution in [3.05, 3.63) is 105 Å². The Bertz CT molecular complexity index is 2820. The number of unbranched alkanes of at least 4 members (excludes halogenated alkanes) is 12. The third kappa shape index (κ3) is 12.9. The van der Waals surface area contributed by atoms with E-state index in [0.717, 1.165) is 48.0 Å². The molecule has 0 saturated carbocycles. The maximum atomic E-state index is 11.9. The van der Waals surface area contributed by atoms with Gasteiger partial charge in [-0.2, -0.15) is 0 Å². The zero-order chi connectivity index (χ0) is 47.2. The molecule has 8 aromatic heterocycles. The lowest BCUT2D eigenvalue weighted by molar-refractivity contribution is 0.111. The Morgan fingerprint density at radius 2 is 0.559 bits per heavy atom. The van der Waals surface area contributed by atoms with Crippen LogP contribution in [-0.4, -0.2) is 12.6 Å². The van der Waals surface area contributed by atoms with Gasteiger partial charge in [-0.05, 0) is 146 Å². The van der Waals surface area contributed by atoms with Crippen LogP contribution in [0.1, 0.15) is 172 Å². The summed E-state index contributed by atoms with van der Waals surface area (Å²) in [4.78, 5) is 44.2. The van der Waals surface area contributed by atoms with Gasteiger partial charge in [0.2, 0.25) is 0 Å². The summed E-state index contributed by atoms with van der Waals surface area (Å²) in [5, 5.41) is 0. The summed E-state index contributed by atoms with van der Waals surface area (Å²) in [6, 6.07) is 27.9. The van der Waals surface area contributed by atoms with Crippen LogP contribution in [0.4, 0.5) is 0 Å². The van der Waals surface area contributed by atoms with Gasteiger partial charge < -0.3 is 0 Å². The molecule has 0 radical (unpaired) electrons. The first-order chi connectivity index (χ1) is 33.4. The monoisotopic (exact) mass is 1050 g/mol. The first-order valence-electron chi connectivity index (χ1n) is 25.3. The lowest BCUT2D eigenvalue weighted by atomic mass is 10.1. The molecule has 0 aliphatic heterocycles. The van der Waals surface area contributed by atoms with Crippen LogP contribution in [0.5, 0.6) is 0 Å². The molecule has 0 spiro atoms. The zero-order valence-electron chi connectivity index (χ0n) is 40.3. The van der Waals surface area contributed by atoms with E-state index in [0.29, 0.717) is 0 Å². The Morgan fingerprint density at radius 3 is 0.882 bits per heavy atom. The summed E-state index contributed by atoms with van der Waals surface area (Å²) >= 11 is 14.9. The Balaban J connectivity index is 1.05. The number of aldehydes is 2. The van der Waals surface area contributed by atoms with Gasteiger partial charge in [0.25, 0.3) is 0 Å². The smallest absolute Gasteiger partial charge is 0.160 e. The van der Waals surface area contributed by atoms with Crippen molar-refractivity contribution in [1.29, 1.82) is 0 Å². The number of rotatable bonds is 29. The maximum Gasteiger partial charge on any atom is 0.160 e. The highest BCUT2D eigenvalue weighted by Gasteiger charge is 2.21. The molecule has 0 atom stereocenters. The fraction of sp³-hybridized carbons (Fsp3) is 0.414. The third-order valence-corrected chi connectivity index (χ3v) is 23.0. The number of thiophene rings is 8. The summed E-state index contributed by atoms with van der Waals surface area (Å²) in [7, 11) is 0. The van der Waals surface area contributed by atoms with Crippen LogP contribution in [0.15, 0.2) is 72.8 Å². The second-order valence-electron chi connectivity index (χ2n) is 18.1. The van der Waals surface area contributed by atoms with Gasteiger partial charge in [0.1, 0.15) is 0 Å². The number of carbonyl (C=O) groups excluding carboxylic acids is 2. The number of hydrogen-bond acceptors (Lipinski definition) is 10. The molecule has 0 aromatic carbocycles. The van der Waals surface area contributed by atoms with Crippen molar-refractivity contribution in [3.8, 4) is 68.3 Å². The van der Waals surface area contributed by atoms with Gasteiger partial charge >= 0.3 is 0 Å². The van der Waals surface area contributed by atoms with Crippen LogP contribution in [-0.2, 0) is 25.7 Å². The average molecular weight is 1050 g/mol. The van der Waals surface area contributed by atoms with E-state index in [-0.39, 0.29) is 0 Å². The predicted molar refractivity (Wildman–Crippen MR) is 310 cm³/mol. The van der Waals surface area contributed by atoms with Gasteiger partial charge in [-0.25, -0.2) is 0 Å². The number of carbonyl (C=O) groups is 2. The van der Waals surface area contributed by atoms with Crippen molar-refractivity contribution >= 4 is 103 Å². The summed E-state index contributed by atoms with van der Waals surface area (Å²) < 4.78 is 0. The predicted octanol–water partition coefficient (Wildman–Crippen LogP) is 22.0. The molecule has 10 heteroatoms. The van der Waals surface area contributed by atoms with Crippen molar-refractivity contribution in [2.75, 3.05) is 0 Å². The molecule has 0 bridgehead atoms. The van der Waals surface area contributed by atoms with Crippen molar-refractivity contribution in [1.82, 2.24) is 0 Å². The molecule has 0 unspecified atom stereocenters. The van der Waals surface area contributed by atoms with Crippen molar-refractivity contribution in [3.63, 3.8) is 0 Å². The minimum absolute atomic E-state index is 0.833. The van der Waals surface area contributed by atoms with Crippen LogP contribution in [0, 0.1) is 0 Å². The van der Waals surface area contributed by atoms with E-state index in [1.54, 1.807) is 22.7 Å². The highest BCUT2D eigenvalue weighted by atomic mass is 32.1. The lowest BCUT2D eigenvalue weighted by Gasteiger charge is -2.03. The highest BCUT2D eigenvalue weighted by molar-refractivity contribution is 7.31. The summed E-state index contributed by atoms with van der Waals surface area (Å²) in [5.41, 5.74) is 5.63. The molecule has 68 heavy (non-hydrogen) atoms. The number of aryl methyl sites for hydroxylation is 4. The first kappa shape index (κ1) is 51.3. The fourth-order valence-electron chi connectivity index (χ4n) is 9.03. The Morgan fingerprint density at radius 1 is 0.294 bits per heavy atom. The fourth-order valence-corrected chi connectivity index (χ4v) is 18.4. The van der Waals surface area contributed by atoms with Gasteiger partial charge in [-0.1, -0.05) is 105 Å². The molecule has 8 rings (SSSR count). The van der Waals surface area contributed by atoms with Crippen LogP contribution in [0.25, 0.3) is 68.3 Å². The van der Waals surface area contributed by atoms with Gasteiger partial charge in [-0.15, -0.1) is 90.7 Å². The largest absolute Gasteiger partial charge is 0.297 e. The topological polar surface area (TPSA) is 34.1 Å². The lowest BCUT2D eigenvalue weighted by Crippen LogP contribution is -1.85. The average Bonchev–Trinajstić information content (AvgIpc) is 4.21. The standard InChI is InChI=1S/C58H66O2S8/c1-5-9-13-17-21-39-33-43(37-59)61-55(39)49-29-27-45(64-49)46-28-30-51(65-46)57-41(23-19-15-11-7-3)35-53(67-57)47-25-26-48(63-47)54-36-42(24-20-16-12-8-4)58(68-54)52-32-31-50(66-52)56-40(22-18-14-10-6-2)34-44(38-60)62-56/h25-38H,5-24H2,1-4H3. The normalized spacial score (nSPS) is 11.6. The molecular formula is C58H66O2S8. The van der Waals surface area contributed by atoms with E-state index >= 15 is 0 Å². The van der Waals surface area contributed by atoms with Gasteiger partial charge in [0.15, 0.2) is 12.6 Å². The van der Waals surface area contributed by atoms with E-state index in [4.69, 9.17) is 0 Å². The molecule has 8 aromatic rings. The van der Waals surface area contributed by atoms with Crippen LogP contribution < -0.4 is 0 Å². The van der Waals surface area contributed by atoms with E-state index in [9.17, 15) is 9.59 Å². The minimum atomic E-state index is 0.833. The number of hydrogen-bond donors (Lipinski definition) is 0. The van der Waals surface area contributed by atoms with Crippen molar-refractivity contribution < 1.29 is 9.59 Å². The van der Waals surface area contributed by atoms with Gasteiger partial charge in [0, 0.05) is 68.3 Å². The van der Waals surface area contributed by atoms with Crippen LogP contribution >= 0.6 is 90.7 Å². The Labute approximate surface area is 438 Å². The second kappa shape index (κ2) is 25.9. The molecule has 2 nitrogen and oxygen atoms in total. The molecule has 0 aliphatic rings. The summed E-state index contributed by atoms with van der Waals surface area (Å²) in [5.74, 6) is 0. The molecule has 8 heterocycles. The molecule has 358 valence electrons. The minimum Gasteiger partial charge on any atom is -0.297 e. The highest BCUT2D eigenvalue weighted by Crippen LogP contribution is 2.50. The molecule has 0 amide bonds. The summed E-state index contributed by atoms with van der Waals surface area (Å²) in [6.45, 7) is 9.11. The van der Waals surface area contributed by atoms with E-state index in [1.807, 2.05) is 68.0 Å². The van der Waals surface area contributed by atoms with Gasteiger partial charge in [0.05, 0.1) is 9.75 Å². The van der Waals surface area contributed by atoms with E-state index in [1.165, 1.54) is 193 Å². The molecular weight excluding hydrogens is 985 g/mol. The third-order valence-electron chi connectivity index (χ3n) is 12.8. The molecule has 0 aliphatic carbocycles. The van der Waals surface area contributed by atoms with E-state index in [2.05, 4.69) is 100 Å². The Kier molecular flexibility index (Phi) is 19.5. The quantitative estimate of drug-likeness (QED) is 0.0346. The SMILES string of the molecule is CCCCCCc1cc(C=O)sc1-c1ccc(-c2ccc(-c3sc(-c4ccc(-c5cc(CCCCCC)c(-c6ccc(-c7sc(C=O)cc7CCCCCC)s6)s5)s4)cc3CCCCCC)s2)s1. The summed E-state index contributed by atoms with van der Waals surface area (Å²) in [6.07, 6.45) is 26.2. The zero-order valence-corrected chi connectivity index (χ0v) is 46.8. The molecule has 0 fully saturated rings. The Hall–Kier alpha value is -3.06. The van der Waals surface area contributed by atoms with Crippen LogP contribution in [0.3, 0.4) is 0 Å². The molecule has 0 saturated heterocycles. The van der Waals surface area contributed by atoms with E-state index < -0.39 is 0 Å². The van der Waals surface area contributed by atoms with Crippen molar-refractivity contribution in [2.45, 2.75) is 156 Å². The molecule has 0 N–H and O–H groups in total.